The molecule has 0 atom stereocenters. The van der Waals surface area contributed by atoms with Crippen LogP contribution in [0.2, 0.25) is 0 Å². The number of nitrogens with zero attached hydrogens (tertiary/aromatic N) is 1. The number of nitrogens with one attached hydrogen (secondary N) is 1. The summed E-state index contributed by atoms with van der Waals surface area (Å²) in [5, 5.41) is 12.5. The zero-order chi connectivity index (χ0) is 11.7. The summed E-state index contributed by atoms with van der Waals surface area (Å²) < 4.78 is 5.01. The number of carbonyl (C=O) groups excluding carboxylic acids is 2. The van der Waals surface area contributed by atoms with Crippen LogP contribution in [0.3, 0.4) is 0 Å². The van der Waals surface area contributed by atoms with Crippen LogP contribution in [0.15, 0.2) is 18.2 Å². The zero-order valence-corrected chi connectivity index (χ0v) is 7.93. The maximum absolute atomic E-state index is 11.5. The number of carbonyl (C=O) groups is 2. The average Bonchev–Trinajstić information content (AvgIpc) is 2.38. The second-order valence-electron chi connectivity index (χ2n) is 3.10. The normalized spacial score (nSPS) is 14.5. The van der Waals surface area contributed by atoms with Crippen LogP contribution >= 0.6 is 0 Å². The second-order valence-corrected chi connectivity index (χ2v) is 3.10. The van der Waals surface area contributed by atoms with Crippen molar-refractivity contribution in [2.45, 2.75) is 0 Å². The zero-order valence-electron chi connectivity index (χ0n) is 7.93. The number of imide groups is 1. The largest absolute Gasteiger partial charge is 0.483 e. The van der Waals surface area contributed by atoms with Crippen molar-refractivity contribution in [3.8, 4) is 5.75 Å². The van der Waals surface area contributed by atoms with Crippen molar-refractivity contribution in [2.24, 2.45) is 0 Å². The van der Waals surface area contributed by atoms with E-state index in [4.69, 9.17) is 4.74 Å². The van der Waals surface area contributed by atoms with Gasteiger partial charge in [-0.15, -0.1) is 0 Å². The van der Waals surface area contributed by atoms with Crippen LogP contribution in [-0.2, 0) is 4.79 Å². The standard InChI is InChI=1S/C9H6N2O5/c12-8-4-16-7-2-1-5(11(14)15)3-6(7)9(13)10-8/h1-3H,4H2,(H,10,12,13). The molecule has 7 heteroatoms. The first kappa shape index (κ1) is 10.1. The second kappa shape index (κ2) is 3.61. The third-order valence-corrected chi connectivity index (χ3v) is 2.03. The van der Waals surface area contributed by atoms with Crippen molar-refractivity contribution in [3.05, 3.63) is 33.9 Å². The Bertz CT molecular complexity index is 497. The summed E-state index contributed by atoms with van der Waals surface area (Å²) in [7, 11) is 0. The van der Waals surface area contributed by atoms with Crippen LogP contribution in [0, 0.1) is 10.1 Å². The van der Waals surface area contributed by atoms with Crippen molar-refractivity contribution in [3.63, 3.8) is 0 Å². The van der Waals surface area contributed by atoms with Gasteiger partial charge < -0.3 is 4.74 Å². The van der Waals surface area contributed by atoms with Crippen LogP contribution < -0.4 is 10.1 Å². The van der Waals surface area contributed by atoms with E-state index in [0.29, 0.717) is 0 Å². The van der Waals surface area contributed by atoms with Gasteiger partial charge in [-0.25, -0.2) is 0 Å². The number of amides is 2. The molecule has 16 heavy (non-hydrogen) atoms. The van der Waals surface area contributed by atoms with E-state index in [1.807, 2.05) is 5.32 Å². The molecule has 2 rings (SSSR count). The molecule has 2 amide bonds. The van der Waals surface area contributed by atoms with Gasteiger partial charge in [-0.1, -0.05) is 0 Å². The van der Waals surface area contributed by atoms with Gasteiger partial charge in [0.2, 0.25) is 0 Å². The number of fused-ring (bicyclic) bond motifs is 1. The molecular weight excluding hydrogens is 216 g/mol. The Labute approximate surface area is 89.2 Å². The summed E-state index contributed by atoms with van der Waals surface area (Å²) in [6, 6.07) is 3.58. The van der Waals surface area contributed by atoms with Gasteiger partial charge in [0, 0.05) is 12.1 Å². The molecule has 1 aromatic carbocycles. The van der Waals surface area contributed by atoms with Crippen molar-refractivity contribution in [1.82, 2.24) is 5.32 Å². The molecule has 0 radical (unpaired) electrons. The SMILES string of the molecule is O=C1COc2ccc([N+](=O)[O-])cc2C(=O)N1. The fraction of sp³-hybridized carbons (Fsp3) is 0.111. The monoisotopic (exact) mass is 222 g/mol. The molecule has 0 saturated carbocycles. The lowest BCUT2D eigenvalue weighted by atomic mass is 10.1. The van der Waals surface area contributed by atoms with Crippen LogP contribution in [0.4, 0.5) is 5.69 Å². The molecule has 1 heterocycles. The highest BCUT2D eigenvalue weighted by molar-refractivity contribution is 6.08. The predicted octanol–water partition coefficient (Wildman–Crippen LogP) is 0.244. The predicted molar refractivity (Wildman–Crippen MR) is 51.1 cm³/mol. The molecule has 0 fully saturated rings. The van der Waals surface area contributed by atoms with E-state index in [9.17, 15) is 19.7 Å². The summed E-state index contributed by atoms with van der Waals surface area (Å²) in [6.45, 7) is -0.281. The molecule has 0 aliphatic carbocycles. The number of ether oxygens (including phenoxy) is 1. The van der Waals surface area contributed by atoms with E-state index in [-0.39, 0.29) is 23.6 Å². The fourth-order valence-corrected chi connectivity index (χ4v) is 1.31. The third kappa shape index (κ3) is 1.70. The highest BCUT2D eigenvalue weighted by Gasteiger charge is 2.23. The highest BCUT2D eigenvalue weighted by Crippen LogP contribution is 2.25. The van der Waals surface area contributed by atoms with Gasteiger partial charge in [0.1, 0.15) is 5.75 Å². The molecule has 0 bridgehead atoms. The quantitative estimate of drug-likeness (QED) is 0.417. The number of nitro benzene ring substituents is 1. The average molecular weight is 222 g/mol. The highest BCUT2D eigenvalue weighted by atomic mass is 16.6. The first-order valence-corrected chi connectivity index (χ1v) is 4.33. The van der Waals surface area contributed by atoms with Crippen LogP contribution in [0.25, 0.3) is 0 Å². The molecule has 1 aromatic rings. The number of non-ortho nitro benzene ring substituents is 1. The molecule has 0 aromatic heterocycles. The third-order valence-electron chi connectivity index (χ3n) is 2.03. The number of rotatable bonds is 1. The Morgan fingerprint density at radius 1 is 1.38 bits per heavy atom. The Morgan fingerprint density at radius 3 is 2.81 bits per heavy atom. The van der Waals surface area contributed by atoms with Gasteiger partial charge in [0.15, 0.2) is 6.61 Å². The summed E-state index contributed by atoms with van der Waals surface area (Å²) >= 11 is 0. The van der Waals surface area contributed by atoms with Gasteiger partial charge >= 0.3 is 0 Å². The molecule has 1 aliphatic heterocycles. The van der Waals surface area contributed by atoms with E-state index in [1.54, 1.807) is 0 Å². The lowest BCUT2D eigenvalue weighted by Gasteiger charge is -2.03. The Kier molecular flexibility index (Phi) is 2.28. The summed E-state index contributed by atoms with van der Waals surface area (Å²) in [4.78, 5) is 32.3. The van der Waals surface area contributed by atoms with Gasteiger partial charge in [-0.2, -0.15) is 0 Å². The maximum Gasteiger partial charge on any atom is 0.270 e. The fourth-order valence-electron chi connectivity index (χ4n) is 1.31. The summed E-state index contributed by atoms with van der Waals surface area (Å²) in [5.41, 5.74) is -0.244. The van der Waals surface area contributed by atoms with E-state index in [1.165, 1.54) is 12.1 Å². The van der Waals surface area contributed by atoms with Crippen molar-refractivity contribution < 1.29 is 19.2 Å². The van der Waals surface area contributed by atoms with E-state index in [2.05, 4.69) is 0 Å². The lowest BCUT2D eigenvalue weighted by molar-refractivity contribution is -0.384. The maximum atomic E-state index is 11.5. The minimum absolute atomic E-state index is 0.0138. The minimum Gasteiger partial charge on any atom is -0.483 e. The Hall–Kier alpha value is -2.44. The minimum atomic E-state index is -0.693. The molecule has 0 unspecified atom stereocenters. The molecule has 82 valence electrons. The number of benzene rings is 1. The Balaban J connectivity index is 2.49. The van der Waals surface area contributed by atoms with Gasteiger partial charge in [-0.3, -0.25) is 25.0 Å². The van der Waals surface area contributed by atoms with Gasteiger partial charge in [0.05, 0.1) is 10.5 Å². The molecule has 0 spiro atoms. The van der Waals surface area contributed by atoms with Crippen molar-refractivity contribution in [2.75, 3.05) is 6.61 Å². The van der Waals surface area contributed by atoms with Crippen molar-refractivity contribution >= 4 is 17.5 Å². The van der Waals surface area contributed by atoms with Crippen LogP contribution in [0.5, 0.6) is 5.75 Å². The molecule has 0 saturated heterocycles. The van der Waals surface area contributed by atoms with Crippen LogP contribution in [0.1, 0.15) is 10.4 Å². The van der Waals surface area contributed by atoms with E-state index in [0.717, 1.165) is 6.07 Å². The number of hydrogen-bond donors (Lipinski definition) is 1. The van der Waals surface area contributed by atoms with E-state index >= 15 is 0 Å². The first-order valence-electron chi connectivity index (χ1n) is 4.33. The molecule has 7 nitrogen and oxygen atoms in total. The van der Waals surface area contributed by atoms with Gasteiger partial charge in [-0.05, 0) is 6.07 Å². The lowest BCUT2D eigenvalue weighted by Crippen LogP contribution is -2.31. The van der Waals surface area contributed by atoms with E-state index < -0.39 is 16.7 Å². The molecular formula is C9H6N2O5. The van der Waals surface area contributed by atoms with Crippen LogP contribution in [-0.4, -0.2) is 23.3 Å². The Morgan fingerprint density at radius 2 is 2.12 bits per heavy atom. The molecule has 1 aliphatic rings. The topological polar surface area (TPSA) is 98.5 Å². The first-order chi connectivity index (χ1) is 7.58. The van der Waals surface area contributed by atoms with Crippen molar-refractivity contribution in [1.29, 1.82) is 0 Å². The summed E-state index contributed by atoms with van der Waals surface area (Å²) in [5.74, 6) is -1.11. The summed E-state index contributed by atoms with van der Waals surface area (Å²) in [6.07, 6.45) is 0. The number of nitro groups is 1. The molecule has 1 N–H and O–H groups in total. The number of hydrogen-bond acceptors (Lipinski definition) is 5. The smallest absolute Gasteiger partial charge is 0.270 e. The van der Waals surface area contributed by atoms with Gasteiger partial charge in [0.25, 0.3) is 17.5 Å².